The first-order valence-electron chi connectivity index (χ1n) is 9.13. The van der Waals surface area contributed by atoms with Gasteiger partial charge in [-0.25, -0.2) is 9.37 Å². The lowest BCUT2D eigenvalue weighted by atomic mass is 10.1. The van der Waals surface area contributed by atoms with Crippen molar-refractivity contribution >= 4 is 44.7 Å². The van der Waals surface area contributed by atoms with E-state index >= 15 is 0 Å². The second-order valence-corrected chi connectivity index (χ2v) is 9.73. The Kier molecular flexibility index (Phi) is 6.29. The summed E-state index contributed by atoms with van der Waals surface area (Å²) in [4.78, 5) is 17.3. The highest BCUT2D eigenvalue weighted by Gasteiger charge is 2.43. The first-order chi connectivity index (χ1) is 14.8. The fourth-order valence-corrected chi connectivity index (χ4v) is 5.76. The van der Waals surface area contributed by atoms with E-state index in [9.17, 15) is 17.6 Å². The van der Waals surface area contributed by atoms with Crippen LogP contribution >= 0.6 is 22.9 Å². The maximum atomic E-state index is 13.4. The SMILES string of the molecule is O=C(Nc1ccc(F)c(Cl)c1)C1CC(c2nccs2)NS(=O)(=O)N1CCc1c[nH]nn1. The van der Waals surface area contributed by atoms with Gasteiger partial charge in [-0.2, -0.15) is 17.4 Å². The van der Waals surface area contributed by atoms with Crippen LogP contribution in [0.5, 0.6) is 0 Å². The maximum Gasteiger partial charge on any atom is 0.280 e. The van der Waals surface area contributed by atoms with Gasteiger partial charge in [-0.15, -0.1) is 16.4 Å². The minimum absolute atomic E-state index is 0.00865. The Morgan fingerprint density at radius 1 is 1.42 bits per heavy atom. The molecule has 10 nitrogen and oxygen atoms in total. The van der Waals surface area contributed by atoms with Gasteiger partial charge in [-0.05, 0) is 24.6 Å². The Morgan fingerprint density at radius 2 is 2.26 bits per heavy atom. The number of amides is 1. The lowest BCUT2D eigenvalue weighted by molar-refractivity contribution is -0.120. The van der Waals surface area contributed by atoms with Gasteiger partial charge in [0.1, 0.15) is 16.9 Å². The molecule has 1 fully saturated rings. The van der Waals surface area contributed by atoms with Crippen LogP contribution in [0.4, 0.5) is 10.1 Å². The van der Waals surface area contributed by atoms with E-state index < -0.39 is 34.0 Å². The van der Waals surface area contributed by atoms with Crippen LogP contribution in [0.1, 0.15) is 23.2 Å². The van der Waals surface area contributed by atoms with Gasteiger partial charge in [-0.3, -0.25) is 9.89 Å². The van der Waals surface area contributed by atoms with E-state index in [1.165, 1.54) is 23.5 Å². The lowest BCUT2D eigenvalue weighted by Gasteiger charge is -2.37. The van der Waals surface area contributed by atoms with E-state index in [1.807, 2.05) is 0 Å². The first kappa shape index (κ1) is 21.8. The van der Waals surface area contributed by atoms with E-state index in [1.54, 1.807) is 17.8 Å². The van der Waals surface area contributed by atoms with Crippen LogP contribution < -0.4 is 10.0 Å². The summed E-state index contributed by atoms with van der Waals surface area (Å²) < 4.78 is 43.1. The minimum atomic E-state index is -4.01. The Hall–Kier alpha value is -2.45. The van der Waals surface area contributed by atoms with Crippen molar-refractivity contribution in [2.45, 2.75) is 24.9 Å². The zero-order valence-electron chi connectivity index (χ0n) is 15.8. The average molecular weight is 486 g/mol. The minimum Gasteiger partial charge on any atom is -0.325 e. The van der Waals surface area contributed by atoms with Crippen molar-refractivity contribution < 1.29 is 17.6 Å². The summed E-state index contributed by atoms with van der Waals surface area (Å²) in [6.45, 7) is 0.00865. The van der Waals surface area contributed by atoms with E-state index in [0.29, 0.717) is 10.7 Å². The molecule has 14 heteroatoms. The summed E-state index contributed by atoms with van der Waals surface area (Å²) in [7, 11) is -4.01. The van der Waals surface area contributed by atoms with Gasteiger partial charge in [-0.1, -0.05) is 16.8 Å². The summed E-state index contributed by atoms with van der Waals surface area (Å²) in [6, 6.07) is 2.06. The number of aromatic nitrogens is 4. The fourth-order valence-electron chi connectivity index (χ4n) is 3.25. The normalized spacial score (nSPS) is 21.1. The molecule has 0 aliphatic carbocycles. The molecule has 4 rings (SSSR count). The van der Waals surface area contributed by atoms with Gasteiger partial charge >= 0.3 is 0 Å². The van der Waals surface area contributed by atoms with Crippen molar-refractivity contribution in [3.63, 3.8) is 0 Å². The number of thiazole rings is 1. The Morgan fingerprint density at radius 3 is 2.94 bits per heavy atom. The fraction of sp³-hybridized carbons (Fsp3) is 0.294. The smallest absolute Gasteiger partial charge is 0.280 e. The predicted molar refractivity (Wildman–Crippen MR) is 112 cm³/mol. The van der Waals surface area contributed by atoms with Crippen LogP contribution in [0.25, 0.3) is 0 Å². The van der Waals surface area contributed by atoms with Crippen LogP contribution in [0.3, 0.4) is 0 Å². The number of halogens is 2. The number of hydrogen-bond acceptors (Lipinski definition) is 7. The number of nitrogens with one attached hydrogen (secondary N) is 3. The summed E-state index contributed by atoms with van der Waals surface area (Å²) in [5.41, 5.74) is 0.816. The second kappa shape index (κ2) is 8.96. The third-order valence-electron chi connectivity index (χ3n) is 4.70. The quantitative estimate of drug-likeness (QED) is 0.488. The number of rotatable bonds is 6. The van der Waals surface area contributed by atoms with Gasteiger partial charge in [0.05, 0.1) is 16.8 Å². The molecular formula is C17H17ClFN7O3S2. The number of carbonyl (C=O) groups excluding carboxylic acids is 1. The van der Waals surface area contributed by atoms with Gasteiger partial charge < -0.3 is 5.32 Å². The Bertz CT molecular complexity index is 1160. The zero-order chi connectivity index (χ0) is 22.0. The van der Waals surface area contributed by atoms with Gasteiger partial charge in [0, 0.05) is 36.4 Å². The number of nitrogens with zero attached hydrogens (tertiary/aromatic N) is 4. The van der Waals surface area contributed by atoms with Crippen molar-refractivity contribution in [3.05, 3.63) is 57.5 Å². The van der Waals surface area contributed by atoms with Crippen molar-refractivity contribution in [2.75, 3.05) is 11.9 Å². The monoisotopic (exact) mass is 485 g/mol. The largest absolute Gasteiger partial charge is 0.325 e. The molecule has 1 saturated heterocycles. The molecule has 2 atom stereocenters. The molecule has 0 spiro atoms. The molecule has 31 heavy (non-hydrogen) atoms. The summed E-state index contributed by atoms with van der Waals surface area (Å²) in [5.74, 6) is -1.18. The van der Waals surface area contributed by atoms with Crippen molar-refractivity contribution in [1.29, 1.82) is 0 Å². The first-order valence-corrected chi connectivity index (χ1v) is 11.8. The highest BCUT2D eigenvalue weighted by molar-refractivity contribution is 7.87. The highest BCUT2D eigenvalue weighted by atomic mass is 35.5. The number of carbonyl (C=O) groups is 1. The lowest BCUT2D eigenvalue weighted by Crippen LogP contribution is -2.58. The van der Waals surface area contributed by atoms with Crippen molar-refractivity contribution in [2.24, 2.45) is 0 Å². The molecule has 2 unspecified atom stereocenters. The van der Waals surface area contributed by atoms with Crippen molar-refractivity contribution in [1.82, 2.24) is 29.4 Å². The van der Waals surface area contributed by atoms with Gasteiger partial charge in [0.2, 0.25) is 5.91 Å². The molecule has 0 saturated carbocycles. The molecule has 2 aromatic heterocycles. The van der Waals surface area contributed by atoms with Crippen LogP contribution in [0, 0.1) is 5.82 Å². The van der Waals surface area contributed by atoms with E-state index in [-0.39, 0.29) is 30.1 Å². The maximum absolute atomic E-state index is 13.4. The standard InChI is InChI=1S/C17H17ClFN7O3S2/c18-12-7-10(1-2-13(12)19)22-16(27)15-8-14(17-20-4-6-30-17)24-31(28,29)26(15)5-3-11-9-21-25-23-11/h1-2,4,6-7,9,14-15,24H,3,5,8H2,(H,22,27)(H,21,23,25). The number of H-pyrrole nitrogens is 1. The molecule has 1 aliphatic heterocycles. The third-order valence-corrected chi connectivity index (χ3v) is 7.52. The number of anilines is 1. The van der Waals surface area contributed by atoms with Gasteiger partial charge in [0.25, 0.3) is 10.2 Å². The summed E-state index contributed by atoms with van der Waals surface area (Å²) in [6.07, 6.45) is 3.54. The molecular weight excluding hydrogens is 469 g/mol. The molecule has 0 bridgehead atoms. The average Bonchev–Trinajstić information content (AvgIpc) is 3.42. The summed E-state index contributed by atoms with van der Waals surface area (Å²) in [5, 5.41) is 14.8. The zero-order valence-corrected chi connectivity index (χ0v) is 18.2. The van der Waals surface area contributed by atoms with E-state index in [2.05, 4.69) is 30.4 Å². The topological polar surface area (TPSA) is 133 Å². The van der Waals surface area contributed by atoms with Crippen LogP contribution in [-0.2, 0) is 21.4 Å². The molecule has 3 N–H and O–H groups in total. The second-order valence-electron chi connectivity index (χ2n) is 6.74. The van der Waals surface area contributed by atoms with Crippen LogP contribution in [-0.4, -0.2) is 51.6 Å². The Labute approximate surface area is 186 Å². The molecule has 164 valence electrons. The van der Waals surface area contributed by atoms with E-state index in [4.69, 9.17) is 11.6 Å². The van der Waals surface area contributed by atoms with Crippen LogP contribution in [0.15, 0.2) is 36.0 Å². The molecule has 1 aliphatic rings. The third kappa shape index (κ3) is 4.91. The van der Waals surface area contributed by atoms with Crippen molar-refractivity contribution in [3.8, 4) is 0 Å². The number of aromatic amines is 1. The summed E-state index contributed by atoms with van der Waals surface area (Å²) >= 11 is 7.08. The molecule has 1 amide bonds. The molecule has 1 aromatic carbocycles. The van der Waals surface area contributed by atoms with Crippen LogP contribution in [0.2, 0.25) is 5.02 Å². The predicted octanol–water partition coefficient (Wildman–Crippen LogP) is 1.88. The number of benzene rings is 1. The molecule has 0 radical (unpaired) electrons. The Balaban J connectivity index is 1.60. The molecule has 3 aromatic rings. The molecule has 3 heterocycles. The van der Waals surface area contributed by atoms with E-state index in [0.717, 1.165) is 10.4 Å². The number of hydrogen-bond donors (Lipinski definition) is 3. The van der Waals surface area contributed by atoms with Gasteiger partial charge in [0.15, 0.2) is 0 Å². The highest BCUT2D eigenvalue weighted by Crippen LogP contribution is 2.31.